The lowest BCUT2D eigenvalue weighted by Gasteiger charge is -2.06. The first-order valence-corrected chi connectivity index (χ1v) is 4.82. The van der Waals surface area contributed by atoms with E-state index in [0.717, 1.165) is 17.5 Å². The summed E-state index contributed by atoms with van der Waals surface area (Å²) in [5.41, 5.74) is 2.12. The van der Waals surface area contributed by atoms with Crippen LogP contribution in [0.25, 0.3) is 0 Å². The highest BCUT2D eigenvalue weighted by molar-refractivity contribution is 5.29. The van der Waals surface area contributed by atoms with Crippen molar-refractivity contribution in [1.82, 2.24) is 0 Å². The molecule has 0 aliphatic carbocycles. The van der Waals surface area contributed by atoms with Crippen LogP contribution in [0.3, 0.4) is 0 Å². The van der Waals surface area contributed by atoms with Crippen molar-refractivity contribution in [1.29, 1.82) is 5.26 Å². The summed E-state index contributed by atoms with van der Waals surface area (Å²) in [7, 11) is 0. The van der Waals surface area contributed by atoms with E-state index in [1.165, 1.54) is 0 Å². The number of rotatable bonds is 4. The molecule has 0 aliphatic rings. The molecule has 0 aromatic heterocycles. The van der Waals surface area contributed by atoms with Gasteiger partial charge in [-0.15, -0.1) is 0 Å². The summed E-state index contributed by atoms with van der Waals surface area (Å²) < 4.78 is 12.6. The Morgan fingerprint density at radius 1 is 1.36 bits per heavy atom. The summed E-state index contributed by atoms with van der Waals surface area (Å²) in [6.07, 6.45) is 0.888. The number of nitriles is 1. The maximum Gasteiger partial charge on any atom is 0.0976 e. The third kappa shape index (κ3) is 3.18. The van der Waals surface area contributed by atoms with E-state index in [9.17, 15) is 4.39 Å². The highest BCUT2D eigenvalue weighted by atomic mass is 19.1. The summed E-state index contributed by atoms with van der Waals surface area (Å²) >= 11 is 0. The molecular weight excluding hydrogens is 177 g/mol. The van der Waals surface area contributed by atoms with Crippen LogP contribution in [0, 0.1) is 11.3 Å². The van der Waals surface area contributed by atoms with Crippen molar-refractivity contribution in [2.24, 2.45) is 0 Å². The second-order valence-corrected chi connectivity index (χ2v) is 3.42. The molecule has 0 fully saturated rings. The molecule has 0 radical (unpaired) electrons. The Bertz CT molecular complexity index is 325. The minimum Gasteiger partial charge on any atom is -0.248 e. The maximum atomic E-state index is 12.6. The molecule has 0 spiro atoms. The van der Waals surface area contributed by atoms with Crippen LogP contribution in [0.4, 0.5) is 4.39 Å². The zero-order valence-electron chi connectivity index (χ0n) is 8.33. The number of hydrogen-bond donors (Lipinski definition) is 0. The van der Waals surface area contributed by atoms with Crippen LogP contribution in [0.15, 0.2) is 24.3 Å². The molecule has 0 heterocycles. The molecule has 1 unspecified atom stereocenters. The fourth-order valence-electron chi connectivity index (χ4n) is 1.41. The van der Waals surface area contributed by atoms with E-state index in [0.29, 0.717) is 12.8 Å². The molecule has 0 bridgehead atoms. The van der Waals surface area contributed by atoms with Crippen LogP contribution in [0.1, 0.15) is 24.5 Å². The Labute approximate surface area is 84.2 Å². The number of halogens is 1. The highest BCUT2D eigenvalue weighted by Gasteiger charge is 2.03. The lowest BCUT2D eigenvalue weighted by molar-refractivity contribution is 0.341. The van der Waals surface area contributed by atoms with Gasteiger partial charge in [0.2, 0.25) is 0 Å². The SMILES string of the molecule is CC(F)CCc1ccccc1CC#N. The maximum absolute atomic E-state index is 12.6. The van der Waals surface area contributed by atoms with Crippen LogP contribution >= 0.6 is 0 Å². The first-order chi connectivity index (χ1) is 6.74. The second-order valence-electron chi connectivity index (χ2n) is 3.42. The Balaban J connectivity index is 2.70. The molecule has 1 rings (SSSR count). The number of benzene rings is 1. The second kappa shape index (κ2) is 5.39. The van der Waals surface area contributed by atoms with Crippen LogP contribution < -0.4 is 0 Å². The van der Waals surface area contributed by atoms with E-state index in [-0.39, 0.29) is 0 Å². The van der Waals surface area contributed by atoms with Crippen molar-refractivity contribution in [2.75, 3.05) is 0 Å². The highest BCUT2D eigenvalue weighted by Crippen LogP contribution is 2.13. The summed E-state index contributed by atoms with van der Waals surface area (Å²) in [4.78, 5) is 0. The third-order valence-electron chi connectivity index (χ3n) is 2.20. The normalized spacial score (nSPS) is 12.1. The molecule has 0 N–H and O–H groups in total. The molecular formula is C12H14FN. The predicted octanol–water partition coefficient (Wildman–Crippen LogP) is 3.04. The Kier molecular flexibility index (Phi) is 4.12. The van der Waals surface area contributed by atoms with Crippen molar-refractivity contribution >= 4 is 0 Å². The van der Waals surface area contributed by atoms with Crippen molar-refractivity contribution in [3.05, 3.63) is 35.4 Å². The summed E-state index contributed by atoms with van der Waals surface area (Å²) in [5.74, 6) is 0. The average molecular weight is 191 g/mol. The number of hydrogen-bond acceptors (Lipinski definition) is 1. The van der Waals surface area contributed by atoms with Gasteiger partial charge in [0, 0.05) is 0 Å². The minimum absolute atomic E-state index is 0.414. The van der Waals surface area contributed by atoms with Crippen molar-refractivity contribution in [3.63, 3.8) is 0 Å². The van der Waals surface area contributed by atoms with Crippen molar-refractivity contribution in [3.8, 4) is 6.07 Å². The first-order valence-electron chi connectivity index (χ1n) is 4.82. The van der Waals surface area contributed by atoms with Crippen LogP contribution in [0.5, 0.6) is 0 Å². The summed E-state index contributed by atoms with van der Waals surface area (Å²) in [6.45, 7) is 1.56. The average Bonchev–Trinajstić information content (AvgIpc) is 2.17. The van der Waals surface area contributed by atoms with E-state index >= 15 is 0 Å². The third-order valence-corrected chi connectivity index (χ3v) is 2.20. The van der Waals surface area contributed by atoms with Crippen LogP contribution in [-0.2, 0) is 12.8 Å². The largest absolute Gasteiger partial charge is 0.248 e. The topological polar surface area (TPSA) is 23.8 Å². The molecule has 0 saturated heterocycles. The fraction of sp³-hybridized carbons (Fsp3) is 0.417. The van der Waals surface area contributed by atoms with Crippen molar-refractivity contribution < 1.29 is 4.39 Å². The molecule has 0 saturated carbocycles. The molecule has 1 nitrogen and oxygen atoms in total. The minimum atomic E-state index is -0.773. The van der Waals surface area contributed by atoms with Gasteiger partial charge in [0.15, 0.2) is 0 Å². The molecule has 1 aromatic rings. The molecule has 14 heavy (non-hydrogen) atoms. The van der Waals surface area contributed by atoms with E-state index in [2.05, 4.69) is 6.07 Å². The summed E-state index contributed by atoms with van der Waals surface area (Å²) in [5, 5.41) is 8.60. The van der Waals surface area contributed by atoms with Gasteiger partial charge in [-0.2, -0.15) is 5.26 Å². The zero-order valence-corrected chi connectivity index (χ0v) is 8.33. The van der Waals surface area contributed by atoms with Gasteiger partial charge in [0.25, 0.3) is 0 Å². The van der Waals surface area contributed by atoms with Gasteiger partial charge in [0.1, 0.15) is 0 Å². The molecule has 1 atom stereocenters. The zero-order chi connectivity index (χ0) is 10.4. The van der Waals surface area contributed by atoms with E-state index in [1.54, 1.807) is 6.92 Å². The molecule has 0 aliphatic heterocycles. The monoisotopic (exact) mass is 191 g/mol. The van der Waals surface area contributed by atoms with Crippen LogP contribution in [0.2, 0.25) is 0 Å². The lowest BCUT2D eigenvalue weighted by Crippen LogP contribution is -1.99. The number of nitrogens with zero attached hydrogens (tertiary/aromatic N) is 1. The van der Waals surface area contributed by atoms with Gasteiger partial charge >= 0.3 is 0 Å². The van der Waals surface area contributed by atoms with E-state index < -0.39 is 6.17 Å². The molecule has 1 aromatic carbocycles. The smallest absolute Gasteiger partial charge is 0.0976 e. The Morgan fingerprint density at radius 3 is 2.57 bits per heavy atom. The Hall–Kier alpha value is -1.36. The van der Waals surface area contributed by atoms with E-state index in [1.807, 2.05) is 24.3 Å². The number of aryl methyl sites for hydroxylation is 1. The molecule has 0 amide bonds. The van der Waals surface area contributed by atoms with Gasteiger partial charge in [-0.25, -0.2) is 4.39 Å². The van der Waals surface area contributed by atoms with Gasteiger partial charge in [0.05, 0.1) is 18.7 Å². The standard InChI is InChI=1S/C12H14FN/c1-10(13)6-7-11-4-2-3-5-12(11)8-9-14/h2-5,10H,6-8H2,1H3. The quantitative estimate of drug-likeness (QED) is 0.717. The van der Waals surface area contributed by atoms with Gasteiger partial charge in [-0.3, -0.25) is 0 Å². The first kappa shape index (κ1) is 10.7. The molecule has 74 valence electrons. The molecule has 2 heteroatoms. The number of alkyl halides is 1. The summed E-state index contributed by atoms with van der Waals surface area (Å²) in [6, 6.07) is 9.86. The van der Waals surface area contributed by atoms with Crippen molar-refractivity contribution in [2.45, 2.75) is 32.4 Å². The van der Waals surface area contributed by atoms with E-state index in [4.69, 9.17) is 5.26 Å². The fourth-order valence-corrected chi connectivity index (χ4v) is 1.41. The van der Waals surface area contributed by atoms with Gasteiger partial charge < -0.3 is 0 Å². The van der Waals surface area contributed by atoms with Gasteiger partial charge in [-0.05, 0) is 30.9 Å². The lowest BCUT2D eigenvalue weighted by atomic mass is 10.00. The predicted molar refractivity (Wildman–Crippen MR) is 54.7 cm³/mol. The van der Waals surface area contributed by atoms with Crippen LogP contribution in [-0.4, -0.2) is 6.17 Å². The Morgan fingerprint density at radius 2 is 2.00 bits per heavy atom. The van der Waals surface area contributed by atoms with Gasteiger partial charge in [-0.1, -0.05) is 24.3 Å².